The van der Waals surface area contributed by atoms with Crippen molar-refractivity contribution in [3.8, 4) is 0 Å². The predicted octanol–water partition coefficient (Wildman–Crippen LogP) is -2.21. The highest BCUT2D eigenvalue weighted by molar-refractivity contribution is 5.93. The van der Waals surface area contributed by atoms with Gasteiger partial charge in [-0.15, -0.1) is 0 Å². The minimum atomic E-state index is -1.20. The number of rotatable bonds is 10. The number of benzene rings is 1. The number of anilines is 1. The largest absolute Gasteiger partial charge is 0.544 e. The zero-order valence-corrected chi connectivity index (χ0v) is 14.2. The third-order valence-corrected chi connectivity index (χ3v) is 3.69. The van der Waals surface area contributed by atoms with Crippen LogP contribution < -0.4 is 20.6 Å². The SMILES string of the molecule is CCc1ccc(NC(=O)C[C@@H]([NH2+]CCC[NH+](C)C)C(=O)[O-])cc1. The van der Waals surface area contributed by atoms with Crippen LogP contribution in [0.5, 0.6) is 0 Å². The molecular weight excluding hydrogens is 294 g/mol. The van der Waals surface area contributed by atoms with Gasteiger partial charge in [-0.05, 0) is 24.1 Å². The molecule has 0 aromatic heterocycles. The van der Waals surface area contributed by atoms with E-state index in [1.807, 2.05) is 38.4 Å². The highest BCUT2D eigenvalue weighted by Crippen LogP contribution is 2.10. The van der Waals surface area contributed by atoms with E-state index in [1.54, 1.807) is 5.32 Å². The standard InChI is InChI=1S/C17H27N3O3/c1-4-13-6-8-14(9-7-13)19-16(21)12-15(17(22)23)18-10-5-11-20(2)3/h6-9,15,18H,4-5,10-12H2,1-3H3,(H,19,21)(H,22,23)/p+1/t15-/m1/s1. The van der Waals surface area contributed by atoms with Crippen molar-refractivity contribution in [2.24, 2.45) is 0 Å². The van der Waals surface area contributed by atoms with Crippen LogP contribution in [0.4, 0.5) is 5.69 Å². The van der Waals surface area contributed by atoms with E-state index in [4.69, 9.17) is 0 Å². The first-order chi connectivity index (χ1) is 10.9. The molecule has 0 saturated heterocycles. The summed E-state index contributed by atoms with van der Waals surface area (Å²) in [4.78, 5) is 24.5. The van der Waals surface area contributed by atoms with Gasteiger partial charge in [0.2, 0.25) is 5.91 Å². The minimum absolute atomic E-state index is 0.0906. The van der Waals surface area contributed by atoms with Crippen molar-refractivity contribution >= 4 is 17.6 Å². The first-order valence-electron chi connectivity index (χ1n) is 8.14. The van der Waals surface area contributed by atoms with Crippen molar-refractivity contribution in [3.63, 3.8) is 0 Å². The Morgan fingerprint density at radius 1 is 1.26 bits per heavy atom. The van der Waals surface area contributed by atoms with E-state index in [2.05, 4.69) is 12.2 Å². The molecule has 0 aliphatic heterocycles. The van der Waals surface area contributed by atoms with Crippen molar-refractivity contribution in [2.45, 2.75) is 32.2 Å². The quantitative estimate of drug-likeness (QED) is 0.427. The summed E-state index contributed by atoms with van der Waals surface area (Å²) in [6, 6.07) is 6.70. The first kappa shape index (κ1) is 19.1. The summed E-state index contributed by atoms with van der Waals surface area (Å²) in [5.74, 6) is -1.50. The Morgan fingerprint density at radius 2 is 1.91 bits per heavy atom. The van der Waals surface area contributed by atoms with Gasteiger partial charge in [0.15, 0.2) is 0 Å². The van der Waals surface area contributed by atoms with E-state index >= 15 is 0 Å². The molecule has 128 valence electrons. The fraction of sp³-hybridized carbons (Fsp3) is 0.529. The van der Waals surface area contributed by atoms with E-state index in [1.165, 1.54) is 10.5 Å². The second kappa shape index (κ2) is 9.97. The summed E-state index contributed by atoms with van der Waals surface area (Å²) >= 11 is 0. The van der Waals surface area contributed by atoms with Crippen LogP contribution >= 0.6 is 0 Å². The highest BCUT2D eigenvalue weighted by atomic mass is 16.4. The molecule has 4 N–H and O–H groups in total. The number of carbonyl (C=O) groups is 2. The molecule has 1 aromatic carbocycles. The van der Waals surface area contributed by atoms with Crippen LogP contribution in [-0.4, -0.2) is 45.1 Å². The Morgan fingerprint density at radius 3 is 2.43 bits per heavy atom. The maximum absolute atomic E-state index is 12.0. The van der Waals surface area contributed by atoms with E-state index in [9.17, 15) is 14.7 Å². The number of aryl methyl sites for hydroxylation is 1. The summed E-state index contributed by atoms with van der Waals surface area (Å²) in [6.45, 7) is 3.69. The molecule has 0 bridgehead atoms. The molecule has 23 heavy (non-hydrogen) atoms. The molecule has 0 heterocycles. The van der Waals surface area contributed by atoms with Crippen LogP contribution in [0.3, 0.4) is 0 Å². The second-order valence-electron chi connectivity index (χ2n) is 6.06. The number of hydrogen-bond donors (Lipinski definition) is 3. The lowest BCUT2D eigenvalue weighted by atomic mass is 10.1. The van der Waals surface area contributed by atoms with Gasteiger partial charge in [-0.25, -0.2) is 0 Å². The smallest absolute Gasteiger partial charge is 0.230 e. The van der Waals surface area contributed by atoms with Gasteiger partial charge < -0.3 is 25.4 Å². The van der Waals surface area contributed by atoms with Gasteiger partial charge in [-0.2, -0.15) is 0 Å². The average Bonchev–Trinajstić information content (AvgIpc) is 2.50. The number of amides is 1. The van der Waals surface area contributed by atoms with Crippen molar-refractivity contribution in [2.75, 3.05) is 32.5 Å². The van der Waals surface area contributed by atoms with Crippen LogP contribution in [0.25, 0.3) is 0 Å². The van der Waals surface area contributed by atoms with E-state index in [-0.39, 0.29) is 12.3 Å². The van der Waals surface area contributed by atoms with Crippen molar-refractivity contribution in [3.05, 3.63) is 29.8 Å². The molecule has 0 aliphatic rings. The summed E-state index contributed by atoms with van der Waals surface area (Å²) < 4.78 is 0. The van der Waals surface area contributed by atoms with Crippen LogP contribution in [0.1, 0.15) is 25.3 Å². The van der Waals surface area contributed by atoms with Crippen molar-refractivity contribution in [1.29, 1.82) is 0 Å². The number of hydrogen-bond acceptors (Lipinski definition) is 3. The number of carboxylic acid groups (broad SMARTS) is 1. The van der Waals surface area contributed by atoms with Gasteiger partial charge in [-0.1, -0.05) is 19.1 Å². The molecule has 0 unspecified atom stereocenters. The number of nitrogens with two attached hydrogens (primary N) is 1. The normalized spacial score (nSPS) is 12.2. The zero-order valence-electron chi connectivity index (χ0n) is 14.2. The number of aliphatic carboxylic acids is 1. The monoisotopic (exact) mass is 322 g/mol. The minimum Gasteiger partial charge on any atom is -0.544 e. The topological polar surface area (TPSA) is 90.3 Å². The number of carboxylic acids is 1. The predicted molar refractivity (Wildman–Crippen MR) is 86.9 cm³/mol. The third-order valence-electron chi connectivity index (χ3n) is 3.69. The van der Waals surface area contributed by atoms with Crippen molar-refractivity contribution < 1.29 is 24.9 Å². The number of nitrogens with one attached hydrogen (secondary N) is 2. The lowest BCUT2D eigenvalue weighted by Crippen LogP contribution is -3.06. The molecule has 0 aliphatic carbocycles. The summed E-state index contributed by atoms with van der Waals surface area (Å²) in [5.41, 5.74) is 1.87. The average molecular weight is 322 g/mol. The van der Waals surface area contributed by atoms with E-state index in [0.717, 1.165) is 19.4 Å². The third kappa shape index (κ3) is 7.76. The van der Waals surface area contributed by atoms with Gasteiger partial charge >= 0.3 is 0 Å². The lowest BCUT2D eigenvalue weighted by Gasteiger charge is -2.16. The van der Waals surface area contributed by atoms with Gasteiger partial charge in [-0.3, -0.25) is 4.79 Å². The van der Waals surface area contributed by atoms with Gasteiger partial charge in [0.1, 0.15) is 6.04 Å². The first-order valence-corrected chi connectivity index (χ1v) is 8.14. The van der Waals surface area contributed by atoms with E-state index in [0.29, 0.717) is 12.2 Å². The fourth-order valence-electron chi connectivity index (χ4n) is 2.27. The fourth-order valence-corrected chi connectivity index (χ4v) is 2.27. The maximum atomic E-state index is 12.0. The lowest BCUT2D eigenvalue weighted by molar-refractivity contribution is -0.860. The maximum Gasteiger partial charge on any atom is 0.230 e. The van der Waals surface area contributed by atoms with E-state index < -0.39 is 12.0 Å². The molecule has 1 aromatic rings. The molecule has 0 radical (unpaired) electrons. The van der Waals surface area contributed by atoms with Crippen LogP contribution in [0.2, 0.25) is 0 Å². The zero-order chi connectivity index (χ0) is 17.2. The Bertz CT molecular complexity index is 500. The van der Waals surface area contributed by atoms with Crippen LogP contribution in [0, 0.1) is 0 Å². The Labute approximate surface area is 137 Å². The summed E-state index contributed by atoms with van der Waals surface area (Å²) in [7, 11) is 4.10. The van der Waals surface area contributed by atoms with Crippen molar-refractivity contribution in [1.82, 2.24) is 0 Å². The van der Waals surface area contributed by atoms with Crippen LogP contribution in [-0.2, 0) is 16.0 Å². The Hall–Kier alpha value is -1.92. The van der Waals surface area contributed by atoms with Crippen LogP contribution in [0.15, 0.2) is 24.3 Å². The molecule has 0 spiro atoms. The molecular formula is C17H28N3O3+. The molecule has 0 fully saturated rings. The molecule has 0 saturated carbocycles. The van der Waals surface area contributed by atoms with Gasteiger partial charge in [0.25, 0.3) is 0 Å². The molecule has 1 atom stereocenters. The number of quaternary nitrogens is 2. The summed E-state index contributed by atoms with van der Waals surface area (Å²) in [5, 5.41) is 15.6. The molecule has 6 nitrogen and oxygen atoms in total. The van der Waals surface area contributed by atoms with Gasteiger partial charge in [0.05, 0.1) is 39.6 Å². The Kier molecular flexibility index (Phi) is 8.29. The number of carbonyl (C=O) groups excluding carboxylic acids is 2. The molecule has 6 heteroatoms. The Balaban J connectivity index is 2.45. The summed E-state index contributed by atoms with van der Waals surface area (Å²) in [6.07, 6.45) is 1.74. The molecule has 1 amide bonds. The molecule has 1 rings (SSSR count). The highest BCUT2D eigenvalue weighted by Gasteiger charge is 2.18. The second-order valence-corrected chi connectivity index (χ2v) is 6.06. The van der Waals surface area contributed by atoms with Gasteiger partial charge in [0, 0.05) is 12.1 Å².